The highest BCUT2D eigenvalue weighted by Gasteiger charge is 2.12. The zero-order valence-corrected chi connectivity index (χ0v) is 12.9. The Labute approximate surface area is 117 Å². The number of hydrogen-bond donors (Lipinski definition) is 1. The van der Waals surface area contributed by atoms with Crippen LogP contribution >= 0.6 is 0 Å². The molecule has 0 aliphatic heterocycles. The number of tetrazole rings is 1. The Balaban J connectivity index is 2.37. The fourth-order valence-corrected chi connectivity index (χ4v) is 2.13. The molecule has 0 saturated heterocycles. The molecule has 0 aliphatic rings. The van der Waals surface area contributed by atoms with Crippen molar-refractivity contribution in [2.45, 2.75) is 72.4 Å². The molecule has 1 unspecified atom stereocenters. The summed E-state index contributed by atoms with van der Waals surface area (Å²) in [5, 5.41) is 15.5. The Hall–Kier alpha value is -0.970. The van der Waals surface area contributed by atoms with E-state index in [1.54, 1.807) is 0 Å². The maximum absolute atomic E-state index is 4.13. The molecule has 110 valence electrons. The van der Waals surface area contributed by atoms with Crippen LogP contribution in [-0.4, -0.2) is 26.8 Å². The first-order chi connectivity index (χ1) is 9.15. The van der Waals surface area contributed by atoms with Crippen LogP contribution in [0.1, 0.15) is 71.7 Å². The molecular weight excluding hydrogens is 238 g/mol. The van der Waals surface area contributed by atoms with Crippen LogP contribution in [0.15, 0.2) is 0 Å². The van der Waals surface area contributed by atoms with Crippen LogP contribution in [0.4, 0.5) is 0 Å². The lowest BCUT2D eigenvalue weighted by molar-refractivity contribution is 0.406. The molecule has 0 spiro atoms. The summed E-state index contributed by atoms with van der Waals surface area (Å²) in [4.78, 5) is 0. The highest BCUT2D eigenvalue weighted by molar-refractivity contribution is 4.83. The predicted molar refractivity (Wildman–Crippen MR) is 77.8 cm³/mol. The van der Waals surface area contributed by atoms with Crippen molar-refractivity contribution < 1.29 is 0 Å². The first-order valence-electron chi connectivity index (χ1n) is 7.62. The van der Waals surface area contributed by atoms with Crippen molar-refractivity contribution in [3.8, 4) is 0 Å². The number of nitrogens with zero attached hydrogens (tertiary/aromatic N) is 4. The van der Waals surface area contributed by atoms with E-state index in [1.807, 2.05) is 4.68 Å². The van der Waals surface area contributed by atoms with E-state index >= 15 is 0 Å². The average molecular weight is 267 g/mol. The molecule has 1 rings (SSSR count). The summed E-state index contributed by atoms with van der Waals surface area (Å²) in [6.45, 7) is 10.6. The predicted octanol–water partition coefficient (Wildman–Crippen LogP) is 2.95. The summed E-state index contributed by atoms with van der Waals surface area (Å²) in [5.41, 5.74) is 0. The van der Waals surface area contributed by atoms with E-state index in [0.717, 1.165) is 25.3 Å². The Morgan fingerprint density at radius 3 is 2.63 bits per heavy atom. The molecule has 0 aromatic carbocycles. The largest absolute Gasteiger partial charge is 0.310 e. The first-order valence-corrected chi connectivity index (χ1v) is 7.62. The van der Waals surface area contributed by atoms with Gasteiger partial charge in [-0.15, -0.1) is 5.10 Å². The molecule has 0 bridgehead atoms. The van der Waals surface area contributed by atoms with Gasteiger partial charge in [0, 0.05) is 0 Å². The second-order valence-corrected chi connectivity index (χ2v) is 5.76. The van der Waals surface area contributed by atoms with Gasteiger partial charge in [0.25, 0.3) is 0 Å². The number of aromatic nitrogens is 4. The Morgan fingerprint density at radius 2 is 1.95 bits per heavy atom. The number of nitrogens with one attached hydrogen (secondary N) is 1. The lowest BCUT2D eigenvalue weighted by Crippen LogP contribution is -2.22. The van der Waals surface area contributed by atoms with Crippen molar-refractivity contribution in [2.75, 3.05) is 6.54 Å². The van der Waals surface area contributed by atoms with Crippen LogP contribution in [0, 0.1) is 5.92 Å². The summed E-state index contributed by atoms with van der Waals surface area (Å²) >= 11 is 0. The minimum absolute atomic E-state index is 0.391. The van der Waals surface area contributed by atoms with Crippen LogP contribution in [-0.2, 0) is 6.54 Å². The van der Waals surface area contributed by atoms with Crippen molar-refractivity contribution in [1.29, 1.82) is 0 Å². The lowest BCUT2D eigenvalue weighted by Gasteiger charge is -2.14. The first kappa shape index (κ1) is 16.1. The van der Waals surface area contributed by atoms with Crippen LogP contribution in [0.25, 0.3) is 0 Å². The van der Waals surface area contributed by atoms with Crippen molar-refractivity contribution >= 4 is 0 Å². The third-order valence-corrected chi connectivity index (χ3v) is 3.29. The van der Waals surface area contributed by atoms with E-state index in [0.29, 0.717) is 12.0 Å². The molecule has 1 aromatic heterocycles. The molecule has 1 aromatic rings. The van der Waals surface area contributed by atoms with Gasteiger partial charge in [0.2, 0.25) is 0 Å². The van der Waals surface area contributed by atoms with Crippen LogP contribution in [0.3, 0.4) is 0 Å². The summed E-state index contributed by atoms with van der Waals surface area (Å²) in [6, 6.07) is 0.391. The zero-order chi connectivity index (χ0) is 14.1. The van der Waals surface area contributed by atoms with Gasteiger partial charge in [-0.3, -0.25) is 0 Å². The van der Waals surface area contributed by atoms with E-state index < -0.39 is 0 Å². The quantitative estimate of drug-likeness (QED) is 0.662. The van der Waals surface area contributed by atoms with Crippen molar-refractivity contribution in [3.63, 3.8) is 0 Å². The van der Waals surface area contributed by atoms with Crippen LogP contribution < -0.4 is 5.32 Å². The van der Waals surface area contributed by atoms with Gasteiger partial charge in [-0.25, -0.2) is 4.68 Å². The SMILES string of the molecule is CCCCCCC(C)n1nnnc1CNCC(C)C. The average Bonchev–Trinajstić information content (AvgIpc) is 2.82. The highest BCUT2D eigenvalue weighted by Crippen LogP contribution is 2.15. The monoisotopic (exact) mass is 267 g/mol. The Bertz CT molecular complexity index is 334. The second-order valence-electron chi connectivity index (χ2n) is 5.76. The van der Waals surface area contributed by atoms with E-state index in [2.05, 4.69) is 48.5 Å². The fourth-order valence-electron chi connectivity index (χ4n) is 2.13. The van der Waals surface area contributed by atoms with Crippen molar-refractivity contribution in [2.24, 2.45) is 5.92 Å². The molecule has 1 atom stereocenters. The van der Waals surface area contributed by atoms with Crippen LogP contribution in [0.2, 0.25) is 0 Å². The molecule has 19 heavy (non-hydrogen) atoms. The molecule has 0 fully saturated rings. The summed E-state index contributed by atoms with van der Waals surface area (Å²) < 4.78 is 1.97. The van der Waals surface area contributed by atoms with Gasteiger partial charge < -0.3 is 5.32 Å². The summed E-state index contributed by atoms with van der Waals surface area (Å²) in [5.74, 6) is 1.60. The maximum atomic E-state index is 4.13. The zero-order valence-electron chi connectivity index (χ0n) is 12.9. The molecule has 1 heterocycles. The van der Waals surface area contributed by atoms with Gasteiger partial charge in [0.05, 0.1) is 12.6 Å². The minimum Gasteiger partial charge on any atom is -0.310 e. The minimum atomic E-state index is 0.391. The van der Waals surface area contributed by atoms with Gasteiger partial charge in [0.15, 0.2) is 5.82 Å². The smallest absolute Gasteiger partial charge is 0.165 e. The van der Waals surface area contributed by atoms with E-state index in [9.17, 15) is 0 Å². The molecule has 0 amide bonds. The molecule has 1 N–H and O–H groups in total. The fraction of sp³-hybridized carbons (Fsp3) is 0.929. The van der Waals surface area contributed by atoms with E-state index in [-0.39, 0.29) is 0 Å². The Kier molecular flexibility index (Phi) is 7.63. The third kappa shape index (κ3) is 6.14. The van der Waals surface area contributed by atoms with E-state index in [1.165, 1.54) is 25.7 Å². The maximum Gasteiger partial charge on any atom is 0.165 e. The lowest BCUT2D eigenvalue weighted by atomic mass is 10.1. The molecule has 0 radical (unpaired) electrons. The summed E-state index contributed by atoms with van der Waals surface area (Å²) in [7, 11) is 0. The molecule has 0 saturated carbocycles. The van der Waals surface area contributed by atoms with Gasteiger partial charge >= 0.3 is 0 Å². The Morgan fingerprint density at radius 1 is 1.16 bits per heavy atom. The molecule has 5 nitrogen and oxygen atoms in total. The van der Waals surface area contributed by atoms with Crippen LogP contribution in [0.5, 0.6) is 0 Å². The highest BCUT2D eigenvalue weighted by atomic mass is 15.6. The second kappa shape index (κ2) is 9.02. The number of unbranched alkanes of at least 4 members (excludes halogenated alkanes) is 3. The normalized spacial score (nSPS) is 13.1. The van der Waals surface area contributed by atoms with Gasteiger partial charge in [-0.2, -0.15) is 0 Å². The van der Waals surface area contributed by atoms with Crippen molar-refractivity contribution in [3.05, 3.63) is 5.82 Å². The summed E-state index contributed by atoms with van der Waals surface area (Å²) in [6.07, 6.45) is 6.33. The molecule has 0 aliphatic carbocycles. The third-order valence-electron chi connectivity index (χ3n) is 3.29. The van der Waals surface area contributed by atoms with Gasteiger partial charge in [0.1, 0.15) is 0 Å². The topological polar surface area (TPSA) is 55.6 Å². The number of rotatable bonds is 10. The van der Waals surface area contributed by atoms with Crippen molar-refractivity contribution in [1.82, 2.24) is 25.5 Å². The van der Waals surface area contributed by atoms with Gasteiger partial charge in [-0.05, 0) is 36.2 Å². The van der Waals surface area contributed by atoms with Gasteiger partial charge in [-0.1, -0.05) is 46.5 Å². The van der Waals surface area contributed by atoms with E-state index in [4.69, 9.17) is 0 Å². The molecular formula is C14H29N5. The standard InChI is InChI=1S/C14H29N5/c1-5-6-7-8-9-13(4)19-14(16-17-18-19)11-15-10-12(2)3/h12-13,15H,5-11H2,1-4H3. The number of hydrogen-bond acceptors (Lipinski definition) is 4. The molecule has 5 heteroatoms.